The van der Waals surface area contributed by atoms with Crippen molar-refractivity contribution in [2.24, 2.45) is 0 Å². The van der Waals surface area contributed by atoms with Crippen molar-refractivity contribution in [2.75, 3.05) is 13.4 Å². The minimum absolute atomic E-state index is 0.145. The molecule has 0 aliphatic rings. The molecule has 5 nitrogen and oxygen atoms in total. The molecule has 0 unspecified atom stereocenters. The monoisotopic (exact) mass is 412 g/mol. The summed E-state index contributed by atoms with van der Waals surface area (Å²) >= 11 is 1.40. The number of aromatic nitrogens is 1. The molecule has 0 saturated heterocycles. The van der Waals surface area contributed by atoms with Crippen LogP contribution in [0.1, 0.15) is 21.6 Å². The maximum absolute atomic E-state index is 13.1. The molecule has 0 saturated carbocycles. The number of rotatable bonds is 8. The molecule has 29 heavy (non-hydrogen) atoms. The van der Waals surface area contributed by atoms with Crippen molar-refractivity contribution in [1.29, 1.82) is 0 Å². The summed E-state index contributed by atoms with van der Waals surface area (Å²) in [6, 6.07) is 17.3. The molecule has 7 heteroatoms. The highest BCUT2D eigenvalue weighted by Gasteiger charge is 2.21. The summed E-state index contributed by atoms with van der Waals surface area (Å²) in [5, 5.41) is 3.45. The van der Waals surface area contributed by atoms with Gasteiger partial charge in [-0.05, 0) is 29.5 Å². The van der Waals surface area contributed by atoms with Crippen LogP contribution in [0.2, 0.25) is 0 Å². The lowest BCUT2D eigenvalue weighted by Crippen LogP contribution is -2.25. The van der Waals surface area contributed by atoms with Crippen molar-refractivity contribution in [2.45, 2.75) is 18.2 Å². The molecule has 1 aromatic heterocycles. The largest absolute Gasteiger partial charge is 0.493 e. The Morgan fingerprint density at radius 3 is 2.48 bits per heavy atom. The molecular weight excluding hydrogens is 391 g/mol. The second-order valence-electron chi connectivity index (χ2n) is 6.13. The van der Waals surface area contributed by atoms with Gasteiger partial charge in [0, 0.05) is 12.6 Å². The fraction of sp³-hybridized carbons (Fsp3) is 0.182. The number of nitrogens with one attached hydrogen (secondary N) is 1. The predicted molar refractivity (Wildman–Crippen MR) is 111 cm³/mol. The van der Waals surface area contributed by atoms with E-state index in [2.05, 4.69) is 10.3 Å². The Morgan fingerprint density at radius 2 is 1.83 bits per heavy atom. The first-order valence-electron chi connectivity index (χ1n) is 8.93. The van der Waals surface area contributed by atoms with E-state index in [-0.39, 0.29) is 30.4 Å². The van der Waals surface area contributed by atoms with Crippen molar-refractivity contribution in [3.63, 3.8) is 0 Å². The van der Waals surface area contributed by atoms with Gasteiger partial charge in [-0.1, -0.05) is 42.5 Å². The molecule has 0 fully saturated rings. The molecule has 1 amide bonds. The predicted octanol–water partition coefficient (Wildman–Crippen LogP) is 4.46. The first-order valence-corrected chi connectivity index (χ1v) is 10.2. The van der Waals surface area contributed by atoms with E-state index in [1.54, 1.807) is 18.2 Å². The number of amides is 1. The van der Waals surface area contributed by atoms with Gasteiger partial charge in [-0.2, -0.15) is 0 Å². The average molecular weight is 412 g/mol. The number of carbonyl (C=O) groups is 1. The zero-order valence-corrected chi connectivity index (χ0v) is 17.0. The van der Waals surface area contributed by atoms with Gasteiger partial charge < -0.3 is 14.8 Å². The Bertz CT molecular complexity index is 966. The van der Waals surface area contributed by atoms with Gasteiger partial charge in [-0.3, -0.25) is 4.79 Å². The third-order valence-electron chi connectivity index (χ3n) is 4.15. The van der Waals surface area contributed by atoms with Gasteiger partial charge in [0.2, 0.25) is 0 Å². The Hall–Kier alpha value is -3.06. The fourth-order valence-electron chi connectivity index (χ4n) is 2.64. The van der Waals surface area contributed by atoms with Crippen LogP contribution in [-0.4, -0.2) is 24.3 Å². The Morgan fingerprint density at radius 1 is 1.10 bits per heavy atom. The summed E-state index contributed by atoms with van der Waals surface area (Å²) in [5.41, 5.74) is 1.88. The summed E-state index contributed by atoms with van der Waals surface area (Å²) in [5.74, 6) is 0.000286. The summed E-state index contributed by atoms with van der Waals surface area (Å²) < 4.78 is 24.4. The number of carbonyl (C=O) groups excluding carboxylic acids is 1. The zero-order chi connectivity index (χ0) is 20.6. The van der Waals surface area contributed by atoms with Gasteiger partial charge in [0.1, 0.15) is 17.5 Å². The number of ether oxygens (including phenoxy) is 2. The lowest BCUT2D eigenvalue weighted by molar-refractivity contribution is 0.0939. The topological polar surface area (TPSA) is 60.5 Å². The van der Waals surface area contributed by atoms with Gasteiger partial charge in [-0.25, -0.2) is 9.37 Å². The smallest absolute Gasteiger partial charge is 0.274 e. The first-order chi connectivity index (χ1) is 14.1. The fourth-order valence-corrected chi connectivity index (χ4v) is 3.04. The summed E-state index contributed by atoms with van der Waals surface area (Å²) in [6.07, 6.45) is 1.87. The number of methoxy groups -OCH3 is 1. The third kappa shape index (κ3) is 5.48. The minimum atomic E-state index is -0.397. The van der Waals surface area contributed by atoms with Gasteiger partial charge in [0.05, 0.1) is 7.11 Å². The van der Waals surface area contributed by atoms with Crippen molar-refractivity contribution in [1.82, 2.24) is 10.3 Å². The van der Waals surface area contributed by atoms with E-state index >= 15 is 0 Å². The summed E-state index contributed by atoms with van der Waals surface area (Å²) in [7, 11) is 1.52. The lowest BCUT2D eigenvalue weighted by atomic mass is 10.2. The molecule has 150 valence electrons. The van der Waals surface area contributed by atoms with Crippen molar-refractivity contribution in [3.8, 4) is 11.5 Å². The Kier molecular flexibility index (Phi) is 7.08. The lowest BCUT2D eigenvalue weighted by Gasteiger charge is -2.16. The second-order valence-corrected chi connectivity index (χ2v) is 6.95. The van der Waals surface area contributed by atoms with E-state index in [0.717, 1.165) is 11.1 Å². The van der Waals surface area contributed by atoms with Gasteiger partial charge in [-0.15, -0.1) is 11.8 Å². The van der Waals surface area contributed by atoms with Crippen molar-refractivity contribution < 1.29 is 18.7 Å². The molecule has 2 aromatic carbocycles. The van der Waals surface area contributed by atoms with E-state index in [9.17, 15) is 9.18 Å². The Balaban J connectivity index is 1.83. The number of pyridine rings is 1. The molecule has 1 N–H and O–H groups in total. The van der Waals surface area contributed by atoms with E-state index in [4.69, 9.17) is 9.47 Å². The first kappa shape index (κ1) is 20.7. The number of thioether (sulfide) groups is 1. The molecule has 0 bridgehead atoms. The van der Waals surface area contributed by atoms with Gasteiger partial charge >= 0.3 is 0 Å². The normalized spacial score (nSPS) is 10.4. The molecular formula is C22H21FN2O3S. The number of benzene rings is 2. The number of hydrogen-bond acceptors (Lipinski definition) is 5. The minimum Gasteiger partial charge on any atom is -0.493 e. The van der Waals surface area contributed by atoms with Crippen molar-refractivity contribution >= 4 is 17.7 Å². The quantitative estimate of drug-likeness (QED) is 0.554. The maximum atomic E-state index is 13.1. The molecule has 3 aromatic rings. The van der Waals surface area contributed by atoms with Gasteiger partial charge in [0.25, 0.3) is 5.91 Å². The van der Waals surface area contributed by atoms with E-state index in [1.165, 1.54) is 31.0 Å². The number of halogens is 1. The maximum Gasteiger partial charge on any atom is 0.274 e. The number of nitrogens with zero attached hydrogens (tertiary/aromatic N) is 1. The van der Waals surface area contributed by atoms with Crippen LogP contribution < -0.4 is 14.8 Å². The highest BCUT2D eigenvalue weighted by atomic mass is 32.2. The third-order valence-corrected chi connectivity index (χ3v) is 4.78. The van der Waals surface area contributed by atoms with E-state index in [0.29, 0.717) is 10.8 Å². The molecule has 0 aliphatic carbocycles. The van der Waals surface area contributed by atoms with Crippen LogP contribution in [0.3, 0.4) is 0 Å². The Labute approximate surface area is 173 Å². The van der Waals surface area contributed by atoms with Crippen LogP contribution in [0.4, 0.5) is 4.39 Å². The zero-order valence-electron chi connectivity index (χ0n) is 16.1. The second kappa shape index (κ2) is 9.93. The van der Waals surface area contributed by atoms with Crippen LogP contribution in [0.15, 0.2) is 65.7 Å². The molecule has 0 atom stereocenters. The summed E-state index contributed by atoms with van der Waals surface area (Å²) in [6.45, 7) is 0.514. The van der Waals surface area contributed by atoms with Crippen LogP contribution >= 0.6 is 11.8 Å². The molecule has 0 radical (unpaired) electrons. The van der Waals surface area contributed by atoms with Crippen LogP contribution in [0.25, 0.3) is 0 Å². The molecule has 0 spiro atoms. The average Bonchev–Trinajstić information content (AvgIpc) is 2.77. The molecule has 1 heterocycles. The molecule has 0 aliphatic heterocycles. The van der Waals surface area contributed by atoms with Crippen LogP contribution in [0, 0.1) is 5.82 Å². The SMILES string of the molecule is COc1cc(SC)nc(C(=O)NCc2ccc(F)cc2)c1OCc1ccccc1. The van der Waals surface area contributed by atoms with Gasteiger partial charge in [0.15, 0.2) is 17.2 Å². The van der Waals surface area contributed by atoms with Crippen LogP contribution in [-0.2, 0) is 13.2 Å². The van der Waals surface area contributed by atoms with Crippen molar-refractivity contribution in [3.05, 3.63) is 83.3 Å². The van der Waals surface area contributed by atoms with E-state index in [1.807, 2.05) is 36.6 Å². The molecule has 3 rings (SSSR count). The standard InChI is InChI=1S/C22H21FN2O3S/c1-27-18-12-19(29-2)25-20(21(18)28-14-16-6-4-3-5-7-16)22(26)24-13-15-8-10-17(23)11-9-15/h3-12H,13-14H2,1-2H3,(H,24,26). The highest BCUT2D eigenvalue weighted by molar-refractivity contribution is 7.98. The van der Waals surface area contributed by atoms with E-state index < -0.39 is 5.91 Å². The number of hydrogen-bond donors (Lipinski definition) is 1. The van der Waals surface area contributed by atoms with Crippen LogP contribution in [0.5, 0.6) is 11.5 Å². The highest BCUT2D eigenvalue weighted by Crippen LogP contribution is 2.34. The summed E-state index contributed by atoms with van der Waals surface area (Å²) in [4.78, 5) is 17.3.